The van der Waals surface area contributed by atoms with Crippen molar-refractivity contribution in [2.24, 2.45) is 0 Å². The Kier molecular flexibility index (Phi) is 48.1. The Bertz CT molecular complexity index is 1070. The first kappa shape index (κ1) is 59.8. The topological polar surface area (TPSA) is 95.9 Å². The zero-order chi connectivity index (χ0) is 45.2. The molecule has 362 valence electrons. The van der Waals surface area contributed by atoms with E-state index in [1.807, 2.05) is 0 Å². The van der Waals surface area contributed by atoms with Crippen LogP contribution in [0.3, 0.4) is 0 Å². The van der Waals surface area contributed by atoms with Crippen LogP contribution in [0.25, 0.3) is 0 Å². The van der Waals surface area contributed by atoms with E-state index >= 15 is 0 Å². The summed E-state index contributed by atoms with van der Waals surface area (Å²) in [5.74, 6) is -0.498. The third kappa shape index (κ3) is 44.4. The average molecular weight is 870 g/mol. The molecule has 3 unspecified atom stereocenters. The number of carbonyl (C=O) groups is 2. The normalized spacial score (nSPS) is 13.6. The highest BCUT2D eigenvalue weighted by atomic mass is 16.5. The van der Waals surface area contributed by atoms with Gasteiger partial charge in [-0.3, -0.25) is 9.59 Å². The molecule has 62 heavy (non-hydrogen) atoms. The lowest BCUT2D eigenvalue weighted by Crippen LogP contribution is -2.46. The maximum absolute atomic E-state index is 13.2. The summed E-state index contributed by atoms with van der Waals surface area (Å²) < 4.78 is 5.93. The van der Waals surface area contributed by atoms with Crippen LogP contribution >= 0.6 is 0 Å². The summed E-state index contributed by atoms with van der Waals surface area (Å²) in [5, 5.41) is 23.7. The molecular weight excluding hydrogens is 767 g/mol. The molecule has 0 saturated heterocycles. The number of ether oxygens (including phenoxy) is 1. The smallest absolute Gasteiger partial charge is 0.306 e. The predicted molar refractivity (Wildman–Crippen MR) is 269 cm³/mol. The minimum atomic E-state index is -0.791. The van der Waals surface area contributed by atoms with Gasteiger partial charge in [-0.25, -0.2) is 0 Å². The van der Waals surface area contributed by atoms with E-state index in [1.165, 1.54) is 141 Å². The Balaban J connectivity index is 4.60. The van der Waals surface area contributed by atoms with E-state index in [1.54, 1.807) is 0 Å². The van der Waals surface area contributed by atoms with Crippen LogP contribution in [0.2, 0.25) is 0 Å². The highest BCUT2D eigenvalue weighted by Gasteiger charge is 2.24. The Morgan fingerprint density at radius 1 is 0.468 bits per heavy atom. The Morgan fingerprint density at radius 3 is 1.29 bits per heavy atom. The van der Waals surface area contributed by atoms with Crippen molar-refractivity contribution in [3.8, 4) is 0 Å². The highest BCUT2D eigenvalue weighted by molar-refractivity contribution is 5.77. The van der Waals surface area contributed by atoms with Crippen LogP contribution in [0.1, 0.15) is 271 Å². The number of rotatable bonds is 48. The number of hydrogen-bond donors (Lipinski definition) is 3. The molecule has 1 amide bonds. The van der Waals surface area contributed by atoms with Gasteiger partial charge in [0.15, 0.2) is 0 Å². The highest BCUT2D eigenvalue weighted by Crippen LogP contribution is 2.18. The molecule has 0 bridgehead atoms. The van der Waals surface area contributed by atoms with Crippen molar-refractivity contribution < 1.29 is 24.5 Å². The summed E-state index contributed by atoms with van der Waals surface area (Å²) in [4.78, 5) is 26.2. The van der Waals surface area contributed by atoms with Crippen LogP contribution in [0.15, 0.2) is 48.6 Å². The summed E-state index contributed by atoms with van der Waals surface area (Å²) in [6.07, 6.45) is 60.3. The lowest BCUT2D eigenvalue weighted by molar-refractivity contribution is -0.151. The quantitative estimate of drug-likeness (QED) is 0.0322. The average Bonchev–Trinajstić information content (AvgIpc) is 3.26. The number of esters is 1. The molecule has 0 saturated carbocycles. The number of amides is 1. The molecule has 0 aromatic carbocycles. The summed E-state index contributed by atoms with van der Waals surface area (Å²) in [7, 11) is 0. The van der Waals surface area contributed by atoms with Crippen LogP contribution in [-0.2, 0) is 14.3 Å². The first-order valence-corrected chi connectivity index (χ1v) is 26.9. The number of unbranched alkanes of at least 4 members (excludes halogenated alkanes) is 28. The molecular formula is C56H103NO5. The van der Waals surface area contributed by atoms with Gasteiger partial charge in [0.05, 0.1) is 25.2 Å². The Morgan fingerprint density at radius 2 is 0.823 bits per heavy atom. The monoisotopic (exact) mass is 870 g/mol. The van der Waals surface area contributed by atoms with Gasteiger partial charge in [0.25, 0.3) is 0 Å². The standard InChI is InChI=1S/C56H103NO5/c1-4-7-10-13-16-19-21-23-25-27-29-31-33-36-38-41-44-47-52(50-55(60)57-53(51-58)54(59)48-45-42-39-35-18-15-12-9-6-3)62-56(61)49-46-43-40-37-34-32-30-28-26-24-22-20-17-14-11-8-5-2/h17,20,23-26,30,32,52-54,58-59H,4-16,18-19,21-22,27-29,31,33-51H2,1-3H3,(H,57,60)/b20-17-,25-23+,26-24-,32-30-. The van der Waals surface area contributed by atoms with Crippen molar-refractivity contribution in [1.82, 2.24) is 5.32 Å². The minimum Gasteiger partial charge on any atom is -0.462 e. The van der Waals surface area contributed by atoms with Crippen LogP contribution < -0.4 is 5.32 Å². The molecule has 3 N–H and O–H groups in total. The van der Waals surface area contributed by atoms with Crippen LogP contribution in [0, 0.1) is 0 Å². The third-order valence-electron chi connectivity index (χ3n) is 12.1. The fourth-order valence-corrected chi connectivity index (χ4v) is 8.02. The number of allylic oxidation sites excluding steroid dienone is 8. The van der Waals surface area contributed by atoms with Crippen LogP contribution in [0.5, 0.6) is 0 Å². The van der Waals surface area contributed by atoms with Gasteiger partial charge in [-0.1, -0.05) is 217 Å². The van der Waals surface area contributed by atoms with E-state index in [4.69, 9.17) is 4.74 Å². The summed E-state index contributed by atoms with van der Waals surface area (Å²) in [6.45, 7) is 6.44. The second-order valence-electron chi connectivity index (χ2n) is 18.3. The molecule has 0 fully saturated rings. The van der Waals surface area contributed by atoms with E-state index in [-0.39, 0.29) is 24.9 Å². The lowest BCUT2D eigenvalue weighted by Gasteiger charge is -2.24. The SMILES string of the molecule is CCCCC/C=C\C/C=C\C/C=C\CCCCCCC(=O)OC(CCCCCCCCC/C=C/CCCCCCCC)CC(=O)NC(CO)C(O)CCCCCCCCCCC. The van der Waals surface area contributed by atoms with Gasteiger partial charge in [-0.15, -0.1) is 0 Å². The fourth-order valence-electron chi connectivity index (χ4n) is 8.02. The third-order valence-corrected chi connectivity index (χ3v) is 12.1. The fraction of sp³-hybridized carbons (Fsp3) is 0.821. The molecule has 0 rings (SSSR count). The lowest BCUT2D eigenvalue weighted by atomic mass is 10.0. The zero-order valence-corrected chi connectivity index (χ0v) is 41.3. The van der Waals surface area contributed by atoms with Crippen molar-refractivity contribution in [1.29, 1.82) is 0 Å². The van der Waals surface area contributed by atoms with E-state index in [0.29, 0.717) is 19.3 Å². The molecule has 0 aliphatic heterocycles. The molecule has 0 spiro atoms. The maximum atomic E-state index is 13.2. The van der Waals surface area contributed by atoms with E-state index in [9.17, 15) is 19.8 Å². The molecule has 0 aliphatic rings. The number of aliphatic hydroxyl groups is 2. The summed E-state index contributed by atoms with van der Waals surface area (Å²) in [6, 6.07) is -0.706. The van der Waals surface area contributed by atoms with Crippen molar-refractivity contribution >= 4 is 11.9 Å². The van der Waals surface area contributed by atoms with Crippen molar-refractivity contribution in [3.63, 3.8) is 0 Å². The van der Waals surface area contributed by atoms with Gasteiger partial charge >= 0.3 is 5.97 Å². The molecule has 0 aliphatic carbocycles. The van der Waals surface area contributed by atoms with Gasteiger partial charge in [0.2, 0.25) is 5.91 Å². The van der Waals surface area contributed by atoms with Gasteiger partial charge in [-0.05, 0) is 89.9 Å². The van der Waals surface area contributed by atoms with E-state index in [0.717, 1.165) is 83.5 Å². The molecule has 6 heteroatoms. The first-order valence-electron chi connectivity index (χ1n) is 26.9. The Hall–Kier alpha value is -2.18. The number of carbonyl (C=O) groups excluding carboxylic acids is 2. The van der Waals surface area contributed by atoms with Gasteiger partial charge in [-0.2, -0.15) is 0 Å². The summed E-state index contributed by atoms with van der Waals surface area (Å²) >= 11 is 0. The van der Waals surface area contributed by atoms with Crippen molar-refractivity contribution in [2.75, 3.05) is 6.61 Å². The second-order valence-corrected chi connectivity index (χ2v) is 18.3. The van der Waals surface area contributed by atoms with Crippen molar-refractivity contribution in [3.05, 3.63) is 48.6 Å². The van der Waals surface area contributed by atoms with Gasteiger partial charge < -0.3 is 20.3 Å². The second kappa shape index (κ2) is 49.8. The molecule has 0 aromatic rings. The van der Waals surface area contributed by atoms with E-state index in [2.05, 4.69) is 74.7 Å². The molecule has 0 heterocycles. The van der Waals surface area contributed by atoms with E-state index < -0.39 is 18.2 Å². The largest absolute Gasteiger partial charge is 0.462 e. The van der Waals surface area contributed by atoms with Crippen molar-refractivity contribution in [2.45, 2.75) is 289 Å². The molecule has 0 aromatic heterocycles. The first-order chi connectivity index (χ1) is 30.5. The number of hydrogen-bond acceptors (Lipinski definition) is 5. The Labute approximate surface area is 385 Å². The maximum Gasteiger partial charge on any atom is 0.306 e. The summed E-state index contributed by atoms with van der Waals surface area (Å²) in [5.41, 5.74) is 0. The molecule has 3 atom stereocenters. The molecule has 6 nitrogen and oxygen atoms in total. The number of nitrogens with one attached hydrogen (secondary N) is 1. The number of aliphatic hydroxyl groups excluding tert-OH is 2. The van der Waals surface area contributed by atoms with Crippen LogP contribution in [-0.4, -0.2) is 46.9 Å². The zero-order valence-electron chi connectivity index (χ0n) is 41.3. The minimum absolute atomic E-state index is 0.0661. The van der Waals surface area contributed by atoms with Gasteiger partial charge in [0, 0.05) is 6.42 Å². The van der Waals surface area contributed by atoms with Gasteiger partial charge in [0.1, 0.15) is 6.10 Å². The molecule has 0 radical (unpaired) electrons. The predicted octanol–water partition coefficient (Wildman–Crippen LogP) is 16.2. The van der Waals surface area contributed by atoms with Crippen LogP contribution in [0.4, 0.5) is 0 Å².